The number of amides is 2. The second-order valence-electron chi connectivity index (χ2n) is 5.62. The molecule has 5 nitrogen and oxygen atoms in total. The minimum absolute atomic E-state index is 0.0221. The van der Waals surface area contributed by atoms with Crippen LogP contribution in [-0.4, -0.2) is 23.7 Å². The molecule has 0 unspecified atom stereocenters. The van der Waals surface area contributed by atoms with E-state index in [2.05, 4.69) is 31.4 Å². The largest absolute Gasteiger partial charge is 0.478 e. The Hall–Kier alpha value is -1.56. The molecular weight excluding hydrogens is 276 g/mol. The smallest absolute Gasteiger partial charge is 0.338 e. The number of aromatic carboxylic acids is 1. The average molecular weight is 298 g/mol. The van der Waals surface area contributed by atoms with Crippen molar-refractivity contribution >= 4 is 28.3 Å². The van der Waals surface area contributed by atoms with Crippen LogP contribution < -0.4 is 10.6 Å². The number of urea groups is 1. The van der Waals surface area contributed by atoms with Gasteiger partial charge in [-0.15, -0.1) is 11.3 Å². The van der Waals surface area contributed by atoms with Crippen molar-refractivity contribution in [2.45, 2.75) is 41.0 Å². The normalized spacial score (nSPS) is 11.2. The molecule has 0 atom stereocenters. The monoisotopic (exact) mass is 298 g/mol. The molecule has 0 bridgehead atoms. The second kappa shape index (κ2) is 6.26. The molecule has 0 saturated carbocycles. The third-order valence-electron chi connectivity index (χ3n) is 3.51. The van der Waals surface area contributed by atoms with E-state index in [0.717, 1.165) is 11.3 Å². The summed E-state index contributed by atoms with van der Waals surface area (Å²) in [7, 11) is 0. The lowest BCUT2D eigenvalue weighted by Crippen LogP contribution is -2.36. The SMILES string of the molecule is CCC(C)(C)CNC(=O)Nc1sc(C)c(C)c1C(=O)O. The molecule has 0 radical (unpaired) electrons. The van der Waals surface area contributed by atoms with Crippen molar-refractivity contribution in [2.24, 2.45) is 5.41 Å². The number of anilines is 1. The molecule has 0 aliphatic carbocycles. The summed E-state index contributed by atoms with van der Waals surface area (Å²) in [5.41, 5.74) is 0.901. The fraction of sp³-hybridized carbons (Fsp3) is 0.571. The van der Waals surface area contributed by atoms with E-state index >= 15 is 0 Å². The summed E-state index contributed by atoms with van der Waals surface area (Å²) >= 11 is 1.28. The Labute approximate surface area is 123 Å². The number of nitrogens with one attached hydrogen (secondary N) is 2. The zero-order chi connectivity index (χ0) is 15.5. The van der Waals surface area contributed by atoms with Gasteiger partial charge in [0.1, 0.15) is 5.00 Å². The van der Waals surface area contributed by atoms with Crippen LogP contribution in [0.4, 0.5) is 9.80 Å². The first-order valence-corrected chi connectivity index (χ1v) is 7.37. The minimum Gasteiger partial charge on any atom is -0.478 e. The maximum Gasteiger partial charge on any atom is 0.338 e. The van der Waals surface area contributed by atoms with Gasteiger partial charge in [-0.3, -0.25) is 5.32 Å². The van der Waals surface area contributed by atoms with Crippen LogP contribution in [0.3, 0.4) is 0 Å². The third kappa shape index (κ3) is 3.96. The molecule has 1 heterocycles. The highest BCUT2D eigenvalue weighted by atomic mass is 32.1. The summed E-state index contributed by atoms with van der Waals surface area (Å²) in [4.78, 5) is 24.0. The fourth-order valence-corrected chi connectivity index (χ4v) is 2.61. The first kappa shape index (κ1) is 16.5. The molecule has 1 rings (SSSR count). The van der Waals surface area contributed by atoms with Gasteiger partial charge in [0.25, 0.3) is 0 Å². The maximum atomic E-state index is 11.9. The predicted molar refractivity (Wildman–Crippen MR) is 81.8 cm³/mol. The summed E-state index contributed by atoms with van der Waals surface area (Å²) in [6.45, 7) is 10.3. The van der Waals surface area contributed by atoms with E-state index in [1.807, 2.05) is 6.92 Å². The average Bonchev–Trinajstić information content (AvgIpc) is 2.62. The van der Waals surface area contributed by atoms with E-state index in [1.54, 1.807) is 6.92 Å². The van der Waals surface area contributed by atoms with Gasteiger partial charge in [-0.05, 0) is 31.2 Å². The highest BCUT2D eigenvalue weighted by molar-refractivity contribution is 7.16. The van der Waals surface area contributed by atoms with E-state index in [4.69, 9.17) is 0 Å². The number of hydrogen-bond donors (Lipinski definition) is 3. The van der Waals surface area contributed by atoms with Crippen LogP contribution in [0.5, 0.6) is 0 Å². The molecule has 0 aliphatic heterocycles. The lowest BCUT2D eigenvalue weighted by atomic mass is 9.90. The van der Waals surface area contributed by atoms with Crippen molar-refractivity contribution in [2.75, 3.05) is 11.9 Å². The van der Waals surface area contributed by atoms with Gasteiger partial charge in [-0.1, -0.05) is 20.8 Å². The molecular formula is C14H22N2O3S. The van der Waals surface area contributed by atoms with E-state index in [1.165, 1.54) is 11.3 Å². The van der Waals surface area contributed by atoms with Gasteiger partial charge in [0, 0.05) is 11.4 Å². The van der Waals surface area contributed by atoms with Gasteiger partial charge in [0.2, 0.25) is 0 Å². The molecule has 0 saturated heterocycles. The topological polar surface area (TPSA) is 78.4 Å². The molecule has 6 heteroatoms. The Kier molecular flexibility index (Phi) is 5.16. The summed E-state index contributed by atoms with van der Waals surface area (Å²) in [6, 6.07) is -0.365. The van der Waals surface area contributed by atoms with Crippen LogP contribution in [0, 0.1) is 19.3 Å². The molecule has 0 aromatic carbocycles. The van der Waals surface area contributed by atoms with E-state index < -0.39 is 5.97 Å². The molecule has 0 fully saturated rings. The molecule has 1 aromatic rings. The molecule has 2 amide bonds. The van der Waals surface area contributed by atoms with Crippen LogP contribution in [0.1, 0.15) is 48.0 Å². The highest BCUT2D eigenvalue weighted by Gasteiger charge is 2.21. The zero-order valence-electron chi connectivity index (χ0n) is 12.6. The Bertz CT molecular complexity index is 521. The summed E-state index contributed by atoms with van der Waals surface area (Å²) in [6.07, 6.45) is 0.949. The molecule has 1 aromatic heterocycles. The van der Waals surface area contributed by atoms with Crippen LogP contribution >= 0.6 is 11.3 Å². The highest BCUT2D eigenvalue weighted by Crippen LogP contribution is 2.32. The predicted octanol–water partition coefficient (Wildman–Crippen LogP) is 3.62. The quantitative estimate of drug-likeness (QED) is 0.777. The van der Waals surface area contributed by atoms with Gasteiger partial charge in [0.15, 0.2) is 0 Å². The van der Waals surface area contributed by atoms with Crippen molar-refractivity contribution < 1.29 is 14.7 Å². The van der Waals surface area contributed by atoms with Gasteiger partial charge < -0.3 is 10.4 Å². The Morgan fingerprint density at radius 2 is 1.90 bits per heavy atom. The molecule has 0 aliphatic rings. The van der Waals surface area contributed by atoms with Crippen molar-refractivity contribution in [3.63, 3.8) is 0 Å². The maximum absolute atomic E-state index is 11.9. The lowest BCUT2D eigenvalue weighted by Gasteiger charge is -2.22. The summed E-state index contributed by atoms with van der Waals surface area (Å²) in [5.74, 6) is -1.02. The summed E-state index contributed by atoms with van der Waals surface area (Å²) < 4.78 is 0. The molecule has 112 valence electrons. The lowest BCUT2D eigenvalue weighted by molar-refractivity contribution is 0.0697. The van der Waals surface area contributed by atoms with E-state index in [9.17, 15) is 14.7 Å². The van der Waals surface area contributed by atoms with Gasteiger partial charge >= 0.3 is 12.0 Å². The van der Waals surface area contributed by atoms with Gasteiger partial charge in [0.05, 0.1) is 5.56 Å². The molecule has 20 heavy (non-hydrogen) atoms. The third-order valence-corrected chi connectivity index (χ3v) is 4.63. The molecule has 0 spiro atoms. The van der Waals surface area contributed by atoms with Crippen LogP contribution in [0.25, 0.3) is 0 Å². The van der Waals surface area contributed by atoms with E-state index in [-0.39, 0.29) is 17.0 Å². The number of aryl methyl sites for hydroxylation is 1. The van der Waals surface area contributed by atoms with Crippen molar-refractivity contribution in [1.82, 2.24) is 5.32 Å². The van der Waals surface area contributed by atoms with Crippen LogP contribution in [0.2, 0.25) is 0 Å². The summed E-state index contributed by atoms with van der Waals surface area (Å²) in [5, 5.41) is 15.0. The van der Waals surface area contributed by atoms with Gasteiger partial charge in [-0.25, -0.2) is 9.59 Å². The number of rotatable bonds is 5. The number of carboxylic acids is 1. The van der Waals surface area contributed by atoms with Crippen molar-refractivity contribution in [3.05, 3.63) is 16.0 Å². The Balaban J connectivity index is 2.77. The number of carbonyl (C=O) groups excluding carboxylic acids is 1. The van der Waals surface area contributed by atoms with Crippen LogP contribution in [-0.2, 0) is 0 Å². The number of hydrogen-bond acceptors (Lipinski definition) is 3. The number of carbonyl (C=O) groups is 2. The standard InChI is InChI=1S/C14H22N2O3S/c1-6-14(4,5)7-15-13(19)16-11-10(12(17)18)8(2)9(3)20-11/h6-7H2,1-5H3,(H,17,18)(H2,15,16,19). The fourth-order valence-electron chi connectivity index (χ4n) is 1.56. The van der Waals surface area contributed by atoms with Crippen LogP contribution in [0.15, 0.2) is 0 Å². The number of thiophene rings is 1. The second-order valence-corrected chi connectivity index (χ2v) is 6.84. The van der Waals surface area contributed by atoms with E-state index in [0.29, 0.717) is 17.1 Å². The minimum atomic E-state index is -1.02. The Morgan fingerprint density at radius 1 is 1.30 bits per heavy atom. The zero-order valence-corrected chi connectivity index (χ0v) is 13.4. The first-order chi connectivity index (χ1) is 9.18. The Morgan fingerprint density at radius 3 is 2.40 bits per heavy atom. The first-order valence-electron chi connectivity index (χ1n) is 6.56. The van der Waals surface area contributed by atoms with Gasteiger partial charge in [-0.2, -0.15) is 0 Å². The number of carboxylic acid groups (broad SMARTS) is 1. The molecule has 3 N–H and O–H groups in total. The van der Waals surface area contributed by atoms with Crippen molar-refractivity contribution in [3.8, 4) is 0 Å². The van der Waals surface area contributed by atoms with Crippen molar-refractivity contribution in [1.29, 1.82) is 0 Å².